The van der Waals surface area contributed by atoms with Gasteiger partial charge in [0.15, 0.2) is 0 Å². The molecule has 1 aromatic heterocycles. The lowest BCUT2D eigenvalue weighted by molar-refractivity contribution is -0.150. The molecule has 0 saturated carbocycles. The molecule has 0 N–H and O–H groups in total. The fraction of sp³-hybridized carbons (Fsp3) is 0.636. The summed E-state index contributed by atoms with van der Waals surface area (Å²) < 4.78 is 12.1. The molecule has 2 saturated heterocycles. The number of carbonyl (C=O) groups is 1. The Balaban J connectivity index is 1.24. The zero-order valence-electron chi connectivity index (χ0n) is 16.0. The van der Waals surface area contributed by atoms with Gasteiger partial charge < -0.3 is 14.4 Å². The number of carbonyl (C=O) groups excluding carboxylic acids is 1. The maximum absolute atomic E-state index is 12.6. The first-order valence-electron chi connectivity index (χ1n) is 10.3. The van der Waals surface area contributed by atoms with Crippen molar-refractivity contribution in [2.75, 3.05) is 26.3 Å². The van der Waals surface area contributed by atoms with E-state index in [1.54, 1.807) is 12.4 Å². The number of allylic oxidation sites excluding steroid dienone is 2. The molecule has 1 amide bonds. The number of hydrogen-bond donors (Lipinski definition) is 0. The first-order valence-corrected chi connectivity index (χ1v) is 10.3. The Hall–Kier alpha value is -1.88. The minimum absolute atomic E-state index is 0.0235. The van der Waals surface area contributed by atoms with E-state index in [-0.39, 0.29) is 11.5 Å². The van der Waals surface area contributed by atoms with E-state index < -0.39 is 0 Å². The van der Waals surface area contributed by atoms with Crippen LogP contribution in [0.4, 0.5) is 0 Å². The van der Waals surface area contributed by atoms with Crippen molar-refractivity contribution >= 4 is 5.91 Å². The second-order valence-electron chi connectivity index (χ2n) is 8.18. The number of rotatable bonds is 5. The normalized spacial score (nSPS) is 25.0. The molecule has 2 fully saturated rings. The van der Waals surface area contributed by atoms with Crippen molar-refractivity contribution in [1.82, 2.24) is 9.88 Å². The molecule has 5 heteroatoms. The standard InChI is InChI=1S/C22H30N2O3/c25-21(19-3-1-2-4-19)24-13-9-22(10-14-24)17-18(8-16-27-22)7-15-26-20-5-11-23-12-6-20/h1-2,5-6,11-12,18-19H,3-4,7-10,13-17H2. The number of pyridine rings is 1. The summed E-state index contributed by atoms with van der Waals surface area (Å²) >= 11 is 0. The summed E-state index contributed by atoms with van der Waals surface area (Å²) in [6.45, 7) is 3.26. The third-order valence-electron chi connectivity index (χ3n) is 6.38. The zero-order chi connectivity index (χ0) is 18.5. The molecule has 1 aromatic rings. The van der Waals surface area contributed by atoms with Crippen LogP contribution in [0.25, 0.3) is 0 Å². The molecule has 4 rings (SSSR count). The molecule has 1 spiro atoms. The van der Waals surface area contributed by atoms with Crippen molar-refractivity contribution in [2.24, 2.45) is 11.8 Å². The molecule has 5 nitrogen and oxygen atoms in total. The van der Waals surface area contributed by atoms with E-state index in [9.17, 15) is 4.79 Å². The highest BCUT2D eigenvalue weighted by molar-refractivity contribution is 5.79. The minimum atomic E-state index is -0.0235. The molecular weight excluding hydrogens is 340 g/mol. The minimum Gasteiger partial charge on any atom is -0.493 e. The lowest BCUT2D eigenvalue weighted by Crippen LogP contribution is -2.51. The SMILES string of the molecule is O=C(C1CC=CC1)N1CCC2(CC1)CC(CCOc1ccncc1)CCO2. The van der Waals surface area contributed by atoms with Crippen LogP contribution in [-0.2, 0) is 9.53 Å². The highest BCUT2D eigenvalue weighted by Crippen LogP contribution is 2.39. The Bertz CT molecular complexity index is 645. The van der Waals surface area contributed by atoms with Gasteiger partial charge in [-0.2, -0.15) is 0 Å². The van der Waals surface area contributed by atoms with Crippen molar-refractivity contribution in [3.63, 3.8) is 0 Å². The van der Waals surface area contributed by atoms with E-state index in [1.807, 2.05) is 12.1 Å². The second-order valence-corrected chi connectivity index (χ2v) is 8.18. The first-order chi connectivity index (χ1) is 13.2. The molecule has 2 aliphatic heterocycles. The van der Waals surface area contributed by atoms with Gasteiger partial charge in [-0.25, -0.2) is 0 Å². The summed E-state index contributed by atoms with van der Waals surface area (Å²) in [6, 6.07) is 3.80. The lowest BCUT2D eigenvalue weighted by atomic mass is 9.78. The van der Waals surface area contributed by atoms with E-state index in [4.69, 9.17) is 9.47 Å². The predicted molar refractivity (Wildman–Crippen MR) is 103 cm³/mol. The van der Waals surface area contributed by atoms with E-state index in [0.717, 1.165) is 77.0 Å². The van der Waals surface area contributed by atoms with Crippen molar-refractivity contribution in [2.45, 2.75) is 50.5 Å². The van der Waals surface area contributed by atoms with Crippen molar-refractivity contribution in [1.29, 1.82) is 0 Å². The van der Waals surface area contributed by atoms with E-state index in [1.165, 1.54) is 0 Å². The van der Waals surface area contributed by atoms with E-state index in [2.05, 4.69) is 22.0 Å². The molecule has 0 aromatic carbocycles. The number of piperidine rings is 1. The van der Waals surface area contributed by atoms with Gasteiger partial charge in [0, 0.05) is 38.0 Å². The van der Waals surface area contributed by atoms with Gasteiger partial charge in [0.1, 0.15) is 5.75 Å². The number of likely N-dealkylation sites (tertiary alicyclic amines) is 1. The number of amides is 1. The summed E-state index contributed by atoms with van der Waals surface area (Å²) in [6.07, 6.45) is 14.8. The van der Waals surface area contributed by atoms with Crippen LogP contribution in [-0.4, -0.2) is 47.7 Å². The quantitative estimate of drug-likeness (QED) is 0.743. The van der Waals surface area contributed by atoms with E-state index >= 15 is 0 Å². The van der Waals surface area contributed by atoms with Gasteiger partial charge in [0.25, 0.3) is 0 Å². The van der Waals surface area contributed by atoms with Crippen molar-refractivity contribution in [3.8, 4) is 5.75 Å². The van der Waals surface area contributed by atoms with Gasteiger partial charge >= 0.3 is 0 Å². The van der Waals surface area contributed by atoms with Gasteiger partial charge in [-0.05, 0) is 63.0 Å². The average molecular weight is 370 g/mol. The average Bonchev–Trinajstić information content (AvgIpc) is 3.24. The Kier molecular flexibility index (Phi) is 5.77. The van der Waals surface area contributed by atoms with Gasteiger partial charge in [-0.15, -0.1) is 0 Å². The topological polar surface area (TPSA) is 51.7 Å². The molecule has 1 atom stereocenters. The van der Waals surface area contributed by atoms with Crippen LogP contribution >= 0.6 is 0 Å². The summed E-state index contributed by atoms with van der Waals surface area (Å²) in [7, 11) is 0. The maximum Gasteiger partial charge on any atom is 0.226 e. The molecule has 0 bridgehead atoms. The van der Waals surface area contributed by atoms with Crippen LogP contribution in [0.3, 0.4) is 0 Å². The second kappa shape index (κ2) is 8.42. The van der Waals surface area contributed by atoms with Crippen LogP contribution in [0, 0.1) is 11.8 Å². The molecule has 1 unspecified atom stereocenters. The van der Waals surface area contributed by atoms with Crippen LogP contribution in [0.1, 0.15) is 44.9 Å². The summed E-state index contributed by atoms with van der Waals surface area (Å²) in [5, 5.41) is 0. The molecule has 146 valence electrons. The third-order valence-corrected chi connectivity index (χ3v) is 6.38. The third kappa shape index (κ3) is 4.52. The Morgan fingerprint density at radius 2 is 1.96 bits per heavy atom. The Morgan fingerprint density at radius 3 is 2.70 bits per heavy atom. The number of nitrogens with zero attached hydrogens (tertiary/aromatic N) is 2. The number of aromatic nitrogens is 1. The monoisotopic (exact) mass is 370 g/mol. The smallest absolute Gasteiger partial charge is 0.226 e. The summed E-state index contributed by atoms with van der Waals surface area (Å²) in [5.41, 5.74) is -0.0235. The Labute approximate surface area is 161 Å². The molecule has 3 aliphatic rings. The number of ether oxygens (including phenoxy) is 2. The highest BCUT2D eigenvalue weighted by Gasteiger charge is 2.41. The summed E-state index contributed by atoms with van der Waals surface area (Å²) in [4.78, 5) is 18.7. The fourth-order valence-electron chi connectivity index (χ4n) is 4.71. The lowest BCUT2D eigenvalue weighted by Gasteiger charge is -2.46. The molecule has 0 radical (unpaired) electrons. The summed E-state index contributed by atoms with van der Waals surface area (Å²) in [5.74, 6) is 2.05. The van der Waals surface area contributed by atoms with Crippen LogP contribution in [0.5, 0.6) is 5.75 Å². The van der Waals surface area contributed by atoms with Crippen LogP contribution < -0.4 is 4.74 Å². The van der Waals surface area contributed by atoms with Gasteiger partial charge in [0.05, 0.1) is 12.2 Å². The molecule has 1 aliphatic carbocycles. The highest BCUT2D eigenvalue weighted by atomic mass is 16.5. The van der Waals surface area contributed by atoms with Crippen LogP contribution in [0.2, 0.25) is 0 Å². The Morgan fingerprint density at radius 1 is 1.22 bits per heavy atom. The van der Waals surface area contributed by atoms with Gasteiger partial charge in [0.2, 0.25) is 5.91 Å². The number of hydrogen-bond acceptors (Lipinski definition) is 4. The van der Waals surface area contributed by atoms with Crippen LogP contribution in [0.15, 0.2) is 36.7 Å². The molecule has 27 heavy (non-hydrogen) atoms. The van der Waals surface area contributed by atoms with Gasteiger partial charge in [-0.1, -0.05) is 12.2 Å². The predicted octanol–water partition coefficient (Wildman–Crippen LogP) is 3.60. The van der Waals surface area contributed by atoms with Gasteiger partial charge in [-0.3, -0.25) is 9.78 Å². The van der Waals surface area contributed by atoms with E-state index in [0.29, 0.717) is 11.8 Å². The first kappa shape index (κ1) is 18.5. The maximum atomic E-state index is 12.6. The largest absolute Gasteiger partial charge is 0.493 e. The molecular formula is C22H30N2O3. The fourth-order valence-corrected chi connectivity index (χ4v) is 4.71. The van der Waals surface area contributed by atoms with Crippen molar-refractivity contribution < 1.29 is 14.3 Å². The zero-order valence-corrected chi connectivity index (χ0v) is 16.0. The van der Waals surface area contributed by atoms with Crippen molar-refractivity contribution in [3.05, 3.63) is 36.7 Å². The molecule has 3 heterocycles.